The summed E-state index contributed by atoms with van der Waals surface area (Å²) in [7, 11) is 1.55. The molecule has 2 aromatic carbocycles. The molecular formula is C20H21N3O4. The lowest BCUT2D eigenvalue weighted by Gasteiger charge is -2.16. The zero-order valence-corrected chi connectivity index (χ0v) is 15.6. The van der Waals surface area contributed by atoms with Crippen molar-refractivity contribution in [3.63, 3.8) is 0 Å². The second-order valence-electron chi connectivity index (χ2n) is 6.18. The molecule has 3 aromatic rings. The average Bonchev–Trinajstić information content (AvgIpc) is 3.12. The van der Waals surface area contributed by atoms with Crippen LogP contribution in [0.2, 0.25) is 0 Å². The van der Waals surface area contributed by atoms with E-state index in [4.69, 9.17) is 14.1 Å². The first-order chi connectivity index (χ1) is 13.0. The van der Waals surface area contributed by atoms with Crippen LogP contribution in [0.4, 0.5) is 5.82 Å². The van der Waals surface area contributed by atoms with Gasteiger partial charge in [0.15, 0.2) is 23.3 Å². The van der Waals surface area contributed by atoms with E-state index in [-0.39, 0.29) is 11.7 Å². The van der Waals surface area contributed by atoms with Crippen molar-refractivity contribution in [1.29, 1.82) is 0 Å². The molecule has 0 spiro atoms. The van der Waals surface area contributed by atoms with Gasteiger partial charge in [0.25, 0.3) is 5.91 Å². The van der Waals surface area contributed by atoms with Crippen molar-refractivity contribution in [1.82, 2.24) is 10.3 Å². The van der Waals surface area contributed by atoms with Crippen LogP contribution in [0.1, 0.15) is 18.1 Å². The SMILES string of the molecule is COc1ccccc1OC(C)C(=O)Nc1nonc1-c1cc(C)ccc1C. The summed E-state index contributed by atoms with van der Waals surface area (Å²) in [5.41, 5.74) is 3.41. The normalized spacial score (nSPS) is 11.7. The number of anilines is 1. The van der Waals surface area contributed by atoms with Gasteiger partial charge in [-0.1, -0.05) is 29.8 Å². The summed E-state index contributed by atoms with van der Waals surface area (Å²) in [6.07, 6.45) is -0.774. The van der Waals surface area contributed by atoms with Gasteiger partial charge in [0.2, 0.25) is 5.82 Å². The molecule has 0 bridgehead atoms. The van der Waals surface area contributed by atoms with Gasteiger partial charge < -0.3 is 14.8 Å². The Kier molecular flexibility index (Phi) is 5.40. The van der Waals surface area contributed by atoms with Gasteiger partial charge in [-0.25, -0.2) is 4.63 Å². The van der Waals surface area contributed by atoms with E-state index in [1.54, 1.807) is 26.2 Å². The van der Waals surface area contributed by atoms with E-state index >= 15 is 0 Å². The summed E-state index contributed by atoms with van der Waals surface area (Å²) in [6.45, 7) is 5.59. The molecule has 1 heterocycles. The van der Waals surface area contributed by atoms with Gasteiger partial charge >= 0.3 is 0 Å². The van der Waals surface area contributed by atoms with E-state index in [1.807, 2.05) is 44.2 Å². The predicted octanol–water partition coefficient (Wildman–Crippen LogP) is 3.77. The van der Waals surface area contributed by atoms with Gasteiger partial charge in [-0.05, 0) is 54.8 Å². The van der Waals surface area contributed by atoms with Crippen LogP contribution < -0.4 is 14.8 Å². The molecule has 0 fully saturated rings. The number of amides is 1. The third-order valence-corrected chi connectivity index (χ3v) is 4.12. The van der Waals surface area contributed by atoms with Gasteiger partial charge in [-0.2, -0.15) is 0 Å². The molecule has 1 amide bonds. The van der Waals surface area contributed by atoms with Crippen LogP contribution in [-0.4, -0.2) is 29.4 Å². The van der Waals surface area contributed by atoms with Gasteiger partial charge in [0, 0.05) is 5.56 Å². The molecule has 7 nitrogen and oxygen atoms in total. The Morgan fingerprint density at radius 1 is 1.11 bits per heavy atom. The molecule has 7 heteroatoms. The largest absolute Gasteiger partial charge is 0.493 e. The maximum Gasteiger partial charge on any atom is 0.266 e. The smallest absolute Gasteiger partial charge is 0.266 e. The molecule has 0 aliphatic rings. The number of aryl methyl sites for hydroxylation is 2. The van der Waals surface area contributed by atoms with Crippen molar-refractivity contribution in [3.8, 4) is 22.8 Å². The number of carbonyl (C=O) groups excluding carboxylic acids is 1. The summed E-state index contributed by atoms with van der Waals surface area (Å²) in [6, 6.07) is 13.1. The molecule has 0 aliphatic heterocycles. The number of nitrogens with zero attached hydrogens (tertiary/aromatic N) is 2. The maximum atomic E-state index is 12.6. The molecule has 3 rings (SSSR count). The molecule has 0 saturated carbocycles. The Morgan fingerprint density at radius 2 is 1.85 bits per heavy atom. The number of hydrogen-bond acceptors (Lipinski definition) is 6. The number of nitrogens with one attached hydrogen (secondary N) is 1. The van der Waals surface area contributed by atoms with Crippen LogP contribution in [0.25, 0.3) is 11.3 Å². The number of rotatable bonds is 6. The van der Waals surface area contributed by atoms with Crippen LogP contribution in [0.3, 0.4) is 0 Å². The highest BCUT2D eigenvalue weighted by atomic mass is 16.6. The molecule has 140 valence electrons. The second kappa shape index (κ2) is 7.90. The van der Waals surface area contributed by atoms with Crippen LogP contribution in [0.15, 0.2) is 47.1 Å². The molecule has 0 radical (unpaired) electrons. The van der Waals surface area contributed by atoms with Gasteiger partial charge in [-0.3, -0.25) is 4.79 Å². The van der Waals surface area contributed by atoms with Gasteiger partial charge in [-0.15, -0.1) is 0 Å². The number of hydrogen-bond donors (Lipinski definition) is 1. The predicted molar refractivity (Wildman–Crippen MR) is 101 cm³/mol. The molecule has 1 unspecified atom stereocenters. The van der Waals surface area contributed by atoms with Gasteiger partial charge in [0.05, 0.1) is 7.11 Å². The van der Waals surface area contributed by atoms with Crippen LogP contribution in [-0.2, 0) is 4.79 Å². The minimum atomic E-state index is -0.774. The zero-order valence-electron chi connectivity index (χ0n) is 15.6. The Balaban J connectivity index is 1.77. The number of ether oxygens (including phenoxy) is 2. The van der Waals surface area contributed by atoms with Crippen molar-refractivity contribution >= 4 is 11.7 Å². The highest BCUT2D eigenvalue weighted by molar-refractivity contribution is 5.96. The van der Waals surface area contributed by atoms with Crippen molar-refractivity contribution in [2.45, 2.75) is 26.9 Å². The van der Waals surface area contributed by atoms with E-state index in [1.165, 1.54) is 0 Å². The van der Waals surface area contributed by atoms with Crippen LogP contribution in [0, 0.1) is 13.8 Å². The lowest BCUT2D eigenvalue weighted by atomic mass is 10.0. The molecule has 0 saturated heterocycles. The number of benzene rings is 2. The van der Waals surface area contributed by atoms with E-state index < -0.39 is 6.10 Å². The van der Waals surface area contributed by atoms with Crippen LogP contribution in [0.5, 0.6) is 11.5 Å². The molecule has 1 aromatic heterocycles. The summed E-state index contributed by atoms with van der Waals surface area (Å²) >= 11 is 0. The summed E-state index contributed by atoms with van der Waals surface area (Å²) in [5, 5.41) is 10.5. The first-order valence-electron chi connectivity index (χ1n) is 8.50. The van der Waals surface area contributed by atoms with E-state index in [0.717, 1.165) is 16.7 Å². The molecular weight excluding hydrogens is 346 g/mol. The highest BCUT2D eigenvalue weighted by Gasteiger charge is 2.22. The number of aromatic nitrogens is 2. The fraction of sp³-hybridized carbons (Fsp3) is 0.250. The Morgan fingerprint density at radius 3 is 2.59 bits per heavy atom. The minimum Gasteiger partial charge on any atom is -0.493 e. The van der Waals surface area contributed by atoms with Crippen molar-refractivity contribution in [3.05, 3.63) is 53.6 Å². The number of carbonyl (C=O) groups is 1. The Hall–Kier alpha value is -3.35. The maximum absolute atomic E-state index is 12.6. The first kappa shape index (κ1) is 18.4. The zero-order chi connectivity index (χ0) is 19.4. The van der Waals surface area contributed by atoms with Crippen molar-refractivity contribution in [2.75, 3.05) is 12.4 Å². The minimum absolute atomic E-state index is 0.254. The second-order valence-corrected chi connectivity index (χ2v) is 6.18. The molecule has 0 aliphatic carbocycles. The van der Waals surface area contributed by atoms with Crippen molar-refractivity contribution < 1.29 is 18.9 Å². The highest BCUT2D eigenvalue weighted by Crippen LogP contribution is 2.29. The quantitative estimate of drug-likeness (QED) is 0.714. The van der Waals surface area contributed by atoms with Crippen LogP contribution >= 0.6 is 0 Å². The van der Waals surface area contributed by atoms with E-state index in [0.29, 0.717) is 17.2 Å². The third-order valence-electron chi connectivity index (χ3n) is 4.12. The first-order valence-corrected chi connectivity index (χ1v) is 8.50. The summed E-state index contributed by atoms with van der Waals surface area (Å²) in [5.74, 6) is 0.916. The average molecular weight is 367 g/mol. The third kappa shape index (κ3) is 4.08. The molecule has 1 N–H and O–H groups in total. The molecule has 27 heavy (non-hydrogen) atoms. The fourth-order valence-electron chi connectivity index (χ4n) is 2.62. The topological polar surface area (TPSA) is 86.5 Å². The summed E-state index contributed by atoms with van der Waals surface area (Å²) in [4.78, 5) is 12.6. The van der Waals surface area contributed by atoms with E-state index in [2.05, 4.69) is 15.6 Å². The summed E-state index contributed by atoms with van der Waals surface area (Å²) < 4.78 is 15.8. The fourth-order valence-corrected chi connectivity index (χ4v) is 2.62. The number of methoxy groups -OCH3 is 1. The molecule has 1 atom stereocenters. The standard InChI is InChI=1S/C20H21N3O4/c1-12-9-10-13(2)15(11-12)18-19(23-27-22-18)21-20(24)14(3)26-17-8-6-5-7-16(17)25-4/h5-11,14H,1-4H3,(H,21,23,24). The van der Waals surface area contributed by atoms with Crippen molar-refractivity contribution in [2.24, 2.45) is 0 Å². The Labute approximate surface area is 157 Å². The number of para-hydroxylation sites is 2. The lowest BCUT2D eigenvalue weighted by Crippen LogP contribution is -2.30. The monoisotopic (exact) mass is 367 g/mol. The van der Waals surface area contributed by atoms with E-state index in [9.17, 15) is 4.79 Å². The van der Waals surface area contributed by atoms with Gasteiger partial charge in [0.1, 0.15) is 0 Å². The Bertz CT molecular complexity index is 952. The lowest BCUT2D eigenvalue weighted by molar-refractivity contribution is -0.122.